The number of nitrogens with one attached hydrogen (secondary N) is 2. The predicted octanol–water partition coefficient (Wildman–Crippen LogP) is 1.64. The lowest BCUT2D eigenvalue weighted by Gasteiger charge is -2.05. The first-order valence-electron chi connectivity index (χ1n) is 8.57. The second kappa shape index (κ2) is 7.81. The zero-order chi connectivity index (χ0) is 19.4. The van der Waals surface area contributed by atoms with Crippen molar-refractivity contribution in [3.63, 3.8) is 0 Å². The van der Waals surface area contributed by atoms with E-state index in [2.05, 4.69) is 20.4 Å². The number of fused-ring (bicyclic) bond motifs is 1. The van der Waals surface area contributed by atoms with Crippen molar-refractivity contribution in [2.45, 2.75) is 32.6 Å². The molecule has 9 heteroatoms. The topological polar surface area (TPSA) is 129 Å². The molecule has 0 saturated heterocycles. The number of amides is 1. The van der Waals surface area contributed by atoms with Gasteiger partial charge in [0, 0.05) is 24.1 Å². The van der Waals surface area contributed by atoms with Crippen LogP contribution in [0.25, 0.3) is 5.65 Å². The summed E-state index contributed by atoms with van der Waals surface area (Å²) in [5, 5.41) is 15.6. The van der Waals surface area contributed by atoms with E-state index in [1.807, 2.05) is 6.92 Å². The molecule has 2 heterocycles. The number of rotatable bonds is 7. The van der Waals surface area contributed by atoms with Gasteiger partial charge in [0.25, 0.3) is 0 Å². The fourth-order valence-electron chi connectivity index (χ4n) is 2.68. The van der Waals surface area contributed by atoms with Gasteiger partial charge in [0.15, 0.2) is 5.65 Å². The van der Waals surface area contributed by atoms with Crippen molar-refractivity contribution in [1.29, 1.82) is 0 Å². The summed E-state index contributed by atoms with van der Waals surface area (Å²) in [6, 6.07) is 5.92. The van der Waals surface area contributed by atoms with Crippen LogP contribution >= 0.6 is 0 Å². The number of H-pyrrole nitrogens is 1. The number of hydrogen-bond acceptors (Lipinski definition) is 5. The number of aryl methyl sites for hydroxylation is 2. The molecule has 0 unspecified atom stereocenters. The van der Waals surface area contributed by atoms with Crippen molar-refractivity contribution in [2.75, 3.05) is 5.32 Å². The summed E-state index contributed by atoms with van der Waals surface area (Å²) in [6.07, 6.45) is 3.61. The van der Waals surface area contributed by atoms with Gasteiger partial charge >= 0.3 is 11.7 Å². The zero-order valence-corrected chi connectivity index (χ0v) is 14.7. The number of carbonyl (C=O) groups is 2. The van der Waals surface area contributed by atoms with E-state index in [0.29, 0.717) is 30.0 Å². The van der Waals surface area contributed by atoms with Crippen LogP contribution < -0.4 is 11.0 Å². The molecular weight excluding hydrogens is 350 g/mol. The van der Waals surface area contributed by atoms with Crippen molar-refractivity contribution in [1.82, 2.24) is 19.6 Å². The molecule has 1 aromatic carbocycles. The third-order valence-electron chi connectivity index (χ3n) is 4.03. The Morgan fingerprint density at radius 3 is 2.63 bits per heavy atom. The second-order valence-electron chi connectivity index (χ2n) is 6.07. The molecule has 3 N–H and O–H groups in total. The second-order valence-corrected chi connectivity index (χ2v) is 6.07. The summed E-state index contributed by atoms with van der Waals surface area (Å²) in [6.45, 7) is 1.99. The quantitative estimate of drug-likeness (QED) is 0.580. The lowest BCUT2D eigenvalue weighted by Crippen LogP contribution is -2.21. The third kappa shape index (κ3) is 4.20. The number of benzene rings is 1. The molecule has 1 amide bonds. The Kier molecular flexibility index (Phi) is 5.30. The molecule has 3 rings (SSSR count). The maximum absolute atomic E-state index is 12.2. The van der Waals surface area contributed by atoms with Crippen LogP contribution in [-0.2, 0) is 17.6 Å². The average Bonchev–Trinajstić information content (AvgIpc) is 3.04. The number of hydrogen-bond donors (Lipinski definition) is 3. The molecule has 0 radical (unpaired) electrons. The minimum atomic E-state index is -1.02. The van der Waals surface area contributed by atoms with E-state index in [-0.39, 0.29) is 23.6 Å². The summed E-state index contributed by atoms with van der Waals surface area (Å²) in [4.78, 5) is 42.1. The molecule has 0 atom stereocenters. The van der Waals surface area contributed by atoms with Crippen molar-refractivity contribution >= 4 is 23.2 Å². The Morgan fingerprint density at radius 2 is 1.96 bits per heavy atom. The summed E-state index contributed by atoms with van der Waals surface area (Å²) in [7, 11) is 0. The fourth-order valence-corrected chi connectivity index (χ4v) is 2.68. The van der Waals surface area contributed by atoms with Crippen molar-refractivity contribution < 1.29 is 14.7 Å². The molecule has 140 valence electrons. The summed E-state index contributed by atoms with van der Waals surface area (Å²) in [5.74, 6) is -0.651. The molecular formula is C18H19N5O4. The van der Waals surface area contributed by atoms with Gasteiger partial charge in [-0.05, 0) is 37.1 Å². The smallest absolute Gasteiger partial charge is 0.349 e. The van der Waals surface area contributed by atoms with Crippen LogP contribution in [-0.4, -0.2) is 36.6 Å². The van der Waals surface area contributed by atoms with Gasteiger partial charge in [-0.25, -0.2) is 14.6 Å². The number of aromatic amines is 1. The number of aromatic nitrogens is 4. The SMILES string of the molecule is CCCc1nc2c(CCC(=O)Nc3ccc(C(=O)O)cc3)cnn2c(=O)[nH]1. The van der Waals surface area contributed by atoms with Gasteiger partial charge in [0.1, 0.15) is 5.82 Å². The standard InChI is InChI=1S/C18H19N5O4/c1-2-3-14-21-16-12(10-19-23(16)18(27)22-14)6-9-15(24)20-13-7-4-11(5-8-13)17(25)26/h4-5,7-8,10H,2-3,6,9H2,1H3,(H,20,24)(H,25,26)(H,21,22,27). The van der Waals surface area contributed by atoms with E-state index in [1.165, 1.54) is 28.8 Å². The molecule has 0 fully saturated rings. The van der Waals surface area contributed by atoms with Crippen LogP contribution in [0.1, 0.15) is 41.5 Å². The van der Waals surface area contributed by atoms with Crippen LogP contribution in [0.3, 0.4) is 0 Å². The largest absolute Gasteiger partial charge is 0.478 e. The van der Waals surface area contributed by atoms with Crippen molar-refractivity contribution in [3.05, 3.63) is 57.9 Å². The molecule has 0 spiro atoms. The van der Waals surface area contributed by atoms with Gasteiger partial charge in [-0.3, -0.25) is 9.78 Å². The number of aromatic carboxylic acids is 1. The minimum absolute atomic E-state index is 0.151. The van der Waals surface area contributed by atoms with Crippen LogP contribution in [0.2, 0.25) is 0 Å². The lowest BCUT2D eigenvalue weighted by atomic mass is 10.1. The number of carbonyl (C=O) groups excluding carboxylic acids is 1. The maximum atomic E-state index is 12.2. The monoisotopic (exact) mass is 369 g/mol. The summed E-state index contributed by atoms with van der Waals surface area (Å²) in [5.41, 5.74) is 1.50. The molecule has 3 aromatic rings. The first-order valence-corrected chi connectivity index (χ1v) is 8.57. The molecule has 0 aliphatic carbocycles. The molecule has 0 bridgehead atoms. The highest BCUT2D eigenvalue weighted by atomic mass is 16.4. The van der Waals surface area contributed by atoms with Gasteiger partial charge in [-0.15, -0.1) is 0 Å². The van der Waals surface area contributed by atoms with E-state index in [0.717, 1.165) is 12.0 Å². The number of nitrogens with zero attached hydrogens (tertiary/aromatic N) is 3. The Hall–Kier alpha value is -3.49. The Morgan fingerprint density at radius 1 is 1.22 bits per heavy atom. The molecule has 27 heavy (non-hydrogen) atoms. The molecule has 0 aliphatic heterocycles. The van der Waals surface area contributed by atoms with Gasteiger partial charge in [-0.1, -0.05) is 6.92 Å². The Balaban J connectivity index is 1.68. The van der Waals surface area contributed by atoms with Crippen LogP contribution in [0.4, 0.5) is 5.69 Å². The van der Waals surface area contributed by atoms with E-state index < -0.39 is 5.97 Å². The number of anilines is 1. The van der Waals surface area contributed by atoms with Crippen molar-refractivity contribution in [2.24, 2.45) is 0 Å². The number of carboxylic acids is 1. The fraction of sp³-hybridized carbons (Fsp3) is 0.278. The summed E-state index contributed by atoms with van der Waals surface area (Å²) >= 11 is 0. The molecule has 2 aromatic heterocycles. The van der Waals surface area contributed by atoms with E-state index in [4.69, 9.17) is 5.11 Å². The van der Waals surface area contributed by atoms with E-state index >= 15 is 0 Å². The normalized spacial score (nSPS) is 10.9. The van der Waals surface area contributed by atoms with E-state index in [9.17, 15) is 14.4 Å². The van der Waals surface area contributed by atoms with Crippen LogP contribution in [0.15, 0.2) is 35.3 Å². The molecule has 0 aliphatic rings. The van der Waals surface area contributed by atoms with Gasteiger partial charge in [0.2, 0.25) is 5.91 Å². The van der Waals surface area contributed by atoms with Gasteiger partial charge in [0.05, 0.1) is 11.8 Å². The Bertz CT molecular complexity index is 1040. The first kappa shape index (κ1) is 18.3. The highest BCUT2D eigenvalue weighted by Crippen LogP contribution is 2.12. The predicted molar refractivity (Wildman–Crippen MR) is 98.0 cm³/mol. The molecule has 9 nitrogen and oxygen atoms in total. The average molecular weight is 369 g/mol. The number of carboxylic acid groups (broad SMARTS) is 1. The van der Waals surface area contributed by atoms with Crippen molar-refractivity contribution in [3.8, 4) is 0 Å². The summed E-state index contributed by atoms with van der Waals surface area (Å²) < 4.78 is 1.19. The first-order chi connectivity index (χ1) is 13.0. The highest BCUT2D eigenvalue weighted by Gasteiger charge is 2.12. The third-order valence-corrected chi connectivity index (χ3v) is 4.03. The minimum Gasteiger partial charge on any atom is -0.478 e. The highest BCUT2D eigenvalue weighted by molar-refractivity contribution is 5.92. The van der Waals surface area contributed by atoms with Gasteiger partial charge < -0.3 is 10.4 Å². The van der Waals surface area contributed by atoms with Gasteiger partial charge in [-0.2, -0.15) is 9.61 Å². The van der Waals surface area contributed by atoms with Crippen LogP contribution in [0, 0.1) is 0 Å². The molecule has 0 saturated carbocycles. The zero-order valence-electron chi connectivity index (χ0n) is 14.7. The lowest BCUT2D eigenvalue weighted by molar-refractivity contribution is -0.116. The Labute approximate surface area is 154 Å². The van der Waals surface area contributed by atoms with Crippen LogP contribution in [0.5, 0.6) is 0 Å². The van der Waals surface area contributed by atoms with E-state index in [1.54, 1.807) is 6.20 Å². The maximum Gasteiger partial charge on any atom is 0.349 e.